The summed E-state index contributed by atoms with van der Waals surface area (Å²) >= 11 is 0. The van der Waals surface area contributed by atoms with E-state index >= 15 is 0 Å². The Morgan fingerprint density at radius 1 is 1.18 bits per heavy atom. The molecular weight excluding hydrogens is 355 g/mol. The van der Waals surface area contributed by atoms with Gasteiger partial charge in [0.15, 0.2) is 17.3 Å². The highest BCUT2D eigenvalue weighted by atomic mass is 19.1. The van der Waals surface area contributed by atoms with Gasteiger partial charge in [-0.2, -0.15) is 0 Å². The quantitative estimate of drug-likeness (QED) is 0.677. The van der Waals surface area contributed by atoms with E-state index in [1.807, 2.05) is 31.1 Å². The number of rotatable bonds is 7. The van der Waals surface area contributed by atoms with Gasteiger partial charge in [0, 0.05) is 36.5 Å². The molecule has 0 fully saturated rings. The zero-order valence-corrected chi connectivity index (χ0v) is 16.9. The summed E-state index contributed by atoms with van der Waals surface area (Å²) in [5.41, 5.74) is 3.14. The molecule has 3 rings (SSSR count). The number of fused-ring (bicyclic) bond motifs is 1. The third-order valence-corrected chi connectivity index (χ3v) is 5.23. The van der Waals surface area contributed by atoms with Crippen LogP contribution >= 0.6 is 0 Å². The Kier molecular flexibility index (Phi) is 5.84. The Morgan fingerprint density at radius 2 is 1.86 bits per heavy atom. The van der Waals surface area contributed by atoms with Crippen molar-refractivity contribution in [1.82, 2.24) is 4.90 Å². The number of allylic oxidation sites excluding steroid dienone is 1. The van der Waals surface area contributed by atoms with Crippen molar-refractivity contribution in [2.45, 2.75) is 19.3 Å². The molecule has 4 nitrogen and oxygen atoms in total. The third kappa shape index (κ3) is 4.09. The number of ketones is 1. The molecule has 148 valence electrons. The average molecular weight is 382 g/mol. The molecule has 1 aliphatic rings. The van der Waals surface area contributed by atoms with Gasteiger partial charge in [-0.3, -0.25) is 9.69 Å². The Morgan fingerprint density at radius 3 is 2.57 bits per heavy atom. The summed E-state index contributed by atoms with van der Waals surface area (Å²) in [5.74, 6) is -0.107. The number of hydrogen-bond donors (Lipinski definition) is 0. The van der Waals surface area contributed by atoms with E-state index in [0.717, 1.165) is 11.4 Å². The van der Waals surface area contributed by atoms with E-state index in [2.05, 4.69) is 30.9 Å². The SMILES string of the molecule is CN(CCOc1ccccc1F)CC(=O)/C=C1/N(C)c2ccccc2C1(C)C. The molecule has 0 saturated heterocycles. The van der Waals surface area contributed by atoms with E-state index in [1.165, 1.54) is 11.6 Å². The number of carbonyl (C=O) groups excluding carboxylic acids is 1. The number of hydrogen-bond acceptors (Lipinski definition) is 4. The van der Waals surface area contributed by atoms with Crippen molar-refractivity contribution in [2.24, 2.45) is 0 Å². The Hall–Kier alpha value is -2.66. The highest BCUT2D eigenvalue weighted by molar-refractivity contribution is 5.94. The number of benzene rings is 2. The molecule has 0 aromatic heterocycles. The van der Waals surface area contributed by atoms with Crippen LogP contribution in [0.2, 0.25) is 0 Å². The molecule has 0 unspecified atom stereocenters. The Labute approximate surface area is 166 Å². The lowest BCUT2D eigenvalue weighted by Gasteiger charge is -2.24. The normalized spacial score (nSPS) is 16.5. The molecule has 0 bridgehead atoms. The fourth-order valence-electron chi connectivity index (χ4n) is 3.68. The van der Waals surface area contributed by atoms with Gasteiger partial charge >= 0.3 is 0 Å². The molecule has 0 N–H and O–H groups in total. The molecule has 2 aromatic carbocycles. The van der Waals surface area contributed by atoms with E-state index in [1.54, 1.807) is 24.3 Å². The molecule has 0 aliphatic carbocycles. The van der Waals surface area contributed by atoms with Gasteiger partial charge in [-0.05, 0) is 30.8 Å². The number of anilines is 1. The van der Waals surface area contributed by atoms with Crippen LogP contribution in [0.25, 0.3) is 0 Å². The fraction of sp³-hybridized carbons (Fsp3) is 0.348. The second-order valence-electron chi connectivity index (χ2n) is 7.71. The first-order valence-corrected chi connectivity index (χ1v) is 9.45. The topological polar surface area (TPSA) is 32.8 Å². The predicted molar refractivity (Wildman–Crippen MR) is 110 cm³/mol. The molecule has 0 saturated carbocycles. The molecule has 1 aliphatic heterocycles. The van der Waals surface area contributed by atoms with Gasteiger partial charge in [0.05, 0.1) is 6.54 Å². The van der Waals surface area contributed by atoms with Crippen molar-refractivity contribution in [3.63, 3.8) is 0 Å². The molecule has 5 heteroatoms. The lowest BCUT2D eigenvalue weighted by Crippen LogP contribution is -2.31. The first-order chi connectivity index (χ1) is 13.3. The molecule has 0 radical (unpaired) electrons. The van der Waals surface area contributed by atoms with Crippen LogP contribution in [-0.4, -0.2) is 44.5 Å². The maximum atomic E-state index is 13.6. The molecule has 0 amide bonds. The van der Waals surface area contributed by atoms with Crippen molar-refractivity contribution < 1.29 is 13.9 Å². The molecule has 0 atom stereocenters. The smallest absolute Gasteiger partial charge is 0.171 e. The summed E-state index contributed by atoms with van der Waals surface area (Å²) in [7, 11) is 3.86. The van der Waals surface area contributed by atoms with Gasteiger partial charge in [0.25, 0.3) is 0 Å². The van der Waals surface area contributed by atoms with Gasteiger partial charge in [-0.1, -0.05) is 44.2 Å². The minimum atomic E-state index is -0.378. The standard InChI is InChI=1S/C23H27FN2O2/c1-23(2)18-9-5-7-11-20(18)26(4)22(23)15-17(27)16-25(3)13-14-28-21-12-8-6-10-19(21)24/h5-12,15H,13-14,16H2,1-4H3/b22-15+. The van der Waals surface area contributed by atoms with Gasteiger partial charge in [0.1, 0.15) is 6.61 Å². The van der Waals surface area contributed by atoms with Crippen LogP contribution in [-0.2, 0) is 10.2 Å². The van der Waals surface area contributed by atoms with E-state index in [-0.39, 0.29) is 29.3 Å². The maximum absolute atomic E-state index is 13.6. The molecule has 28 heavy (non-hydrogen) atoms. The first kappa shape index (κ1) is 20.1. The van der Waals surface area contributed by atoms with Crippen molar-refractivity contribution in [1.29, 1.82) is 0 Å². The van der Waals surface area contributed by atoms with Crippen LogP contribution < -0.4 is 9.64 Å². The van der Waals surface area contributed by atoms with Crippen LogP contribution in [0, 0.1) is 5.82 Å². The minimum absolute atomic E-state index is 0.0381. The zero-order valence-electron chi connectivity index (χ0n) is 16.9. The van der Waals surface area contributed by atoms with E-state index < -0.39 is 0 Å². The van der Waals surface area contributed by atoms with E-state index in [4.69, 9.17) is 4.74 Å². The summed E-state index contributed by atoms with van der Waals surface area (Å²) in [4.78, 5) is 16.6. The molecule has 1 heterocycles. The minimum Gasteiger partial charge on any atom is -0.489 e. The van der Waals surface area contributed by atoms with Gasteiger partial charge in [-0.25, -0.2) is 4.39 Å². The van der Waals surface area contributed by atoms with E-state index in [0.29, 0.717) is 13.2 Å². The lowest BCUT2D eigenvalue weighted by atomic mass is 9.83. The van der Waals surface area contributed by atoms with Crippen LogP contribution in [0.1, 0.15) is 19.4 Å². The number of likely N-dealkylation sites (N-methyl/N-ethyl adjacent to an activating group) is 2. The van der Waals surface area contributed by atoms with Crippen molar-refractivity contribution in [3.8, 4) is 5.75 Å². The summed E-state index contributed by atoms with van der Waals surface area (Å²) < 4.78 is 19.0. The first-order valence-electron chi connectivity index (χ1n) is 9.45. The van der Waals surface area contributed by atoms with Crippen molar-refractivity contribution in [3.05, 3.63) is 71.7 Å². The Balaban J connectivity index is 1.58. The summed E-state index contributed by atoms with van der Waals surface area (Å²) in [6, 6.07) is 14.6. The molecule has 0 spiro atoms. The number of nitrogens with zero attached hydrogens (tertiary/aromatic N) is 2. The third-order valence-electron chi connectivity index (χ3n) is 5.23. The maximum Gasteiger partial charge on any atom is 0.171 e. The summed E-state index contributed by atoms with van der Waals surface area (Å²) in [6.07, 6.45) is 1.74. The fourth-order valence-corrected chi connectivity index (χ4v) is 3.68. The highest BCUT2D eigenvalue weighted by Gasteiger charge is 2.38. The van der Waals surface area contributed by atoms with Crippen molar-refractivity contribution >= 4 is 11.5 Å². The predicted octanol–water partition coefficient (Wildman–Crippen LogP) is 4.02. The van der Waals surface area contributed by atoms with Crippen LogP contribution in [0.4, 0.5) is 10.1 Å². The van der Waals surface area contributed by atoms with Gasteiger partial charge < -0.3 is 9.64 Å². The lowest BCUT2D eigenvalue weighted by molar-refractivity contribution is -0.115. The van der Waals surface area contributed by atoms with Crippen LogP contribution in [0.15, 0.2) is 60.3 Å². The monoisotopic (exact) mass is 382 g/mol. The van der Waals surface area contributed by atoms with Crippen LogP contribution in [0.5, 0.6) is 5.75 Å². The average Bonchev–Trinajstić information content (AvgIpc) is 2.84. The van der Waals surface area contributed by atoms with Gasteiger partial charge in [0.2, 0.25) is 0 Å². The summed E-state index contributed by atoms with van der Waals surface area (Å²) in [6.45, 7) is 5.41. The highest BCUT2D eigenvalue weighted by Crippen LogP contribution is 2.46. The number of para-hydroxylation sites is 2. The van der Waals surface area contributed by atoms with E-state index in [9.17, 15) is 9.18 Å². The Bertz CT molecular complexity index is 892. The summed E-state index contributed by atoms with van der Waals surface area (Å²) in [5, 5.41) is 0. The second-order valence-corrected chi connectivity index (χ2v) is 7.71. The zero-order chi connectivity index (χ0) is 20.3. The van der Waals surface area contributed by atoms with Gasteiger partial charge in [-0.15, -0.1) is 0 Å². The number of halogens is 1. The number of ether oxygens (including phenoxy) is 1. The largest absolute Gasteiger partial charge is 0.489 e. The number of carbonyl (C=O) groups is 1. The molecule has 2 aromatic rings. The second kappa shape index (κ2) is 8.15. The molecular formula is C23H27FN2O2. The van der Waals surface area contributed by atoms with Crippen molar-refractivity contribution in [2.75, 3.05) is 38.7 Å². The van der Waals surface area contributed by atoms with Crippen LogP contribution in [0.3, 0.4) is 0 Å².